The summed E-state index contributed by atoms with van der Waals surface area (Å²) in [6.45, 7) is 0.527. The van der Waals surface area contributed by atoms with Gasteiger partial charge in [0.2, 0.25) is 0 Å². The molecule has 0 atom stereocenters. The van der Waals surface area contributed by atoms with E-state index in [1.807, 2.05) is 0 Å². The number of aliphatic carboxylic acids is 1. The van der Waals surface area contributed by atoms with Crippen LogP contribution in [0.5, 0.6) is 0 Å². The Morgan fingerprint density at radius 1 is 1.27 bits per heavy atom. The summed E-state index contributed by atoms with van der Waals surface area (Å²) in [4.78, 5) is 10.6. The van der Waals surface area contributed by atoms with Crippen molar-refractivity contribution in [2.75, 3.05) is 6.54 Å². The minimum atomic E-state index is -0.706. The van der Waals surface area contributed by atoms with Crippen molar-refractivity contribution in [3.8, 4) is 0 Å². The molecule has 4 nitrogen and oxygen atoms in total. The molecule has 15 heavy (non-hydrogen) atoms. The Morgan fingerprint density at radius 3 is 2.07 bits per heavy atom. The molecule has 0 aromatic carbocycles. The molecule has 0 heterocycles. The molecule has 0 amide bonds. The third kappa shape index (κ3) is 6.76. The van der Waals surface area contributed by atoms with Crippen LogP contribution in [0.2, 0.25) is 0 Å². The van der Waals surface area contributed by atoms with E-state index in [-0.39, 0.29) is 59.3 Å². The van der Waals surface area contributed by atoms with E-state index >= 15 is 0 Å². The van der Waals surface area contributed by atoms with Crippen LogP contribution < -0.4 is 35.3 Å². The second-order valence-electron chi connectivity index (χ2n) is 3.84. The van der Waals surface area contributed by atoms with Gasteiger partial charge in [-0.15, -0.1) is 12.4 Å². The molecule has 0 aliphatic heterocycles. The quantitative estimate of drug-likeness (QED) is 0.601. The van der Waals surface area contributed by atoms with Crippen molar-refractivity contribution < 1.29 is 44.9 Å². The van der Waals surface area contributed by atoms with Crippen LogP contribution in [0.15, 0.2) is 0 Å². The van der Waals surface area contributed by atoms with Crippen molar-refractivity contribution in [2.45, 2.75) is 38.5 Å². The van der Waals surface area contributed by atoms with Crippen LogP contribution in [0.25, 0.3) is 0 Å². The van der Waals surface area contributed by atoms with Crippen LogP contribution in [0, 0.1) is 5.41 Å². The summed E-state index contributed by atoms with van der Waals surface area (Å²) in [5, 5.41) is 8.71. The molecule has 1 saturated carbocycles. The van der Waals surface area contributed by atoms with Gasteiger partial charge >= 0.3 is 35.5 Å². The zero-order chi connectivity index (χ0) is 9.03. The Kier molecular flexibility index (Phi) is 13.8. The summed E-state index contributed by atoms with van der Waals surface area (Å²) in [6, 6.07) is 0. The molecular weight excluding hydrogens is 229 g/mol. The van der Waals surface area contributed by atoms with Gasteiger partial charge in [-0.1, -0.05) is 19.3 Å². The molecule has 86 valence electrons. The monoisotopic (exact) mass is 247 g/mol. The summed E-state index contributed by atoms with van der Waals surface area (Å²) in [5.74, 6) is -0.706. The first-order valence-corrected chi connectivity index (χ1v) is 4.60. The van der Waals surface area contributed by atoms with E-state index in [9.17, 15) is 4.79 Å². The maximum Gasteiger partial charge on any atom is 1.00 e. The molecule has 0 radical (unpaired) electrons. The predicted molar refractivity (Wildman–Crippen MR) is 56.0 cm³/mol. The largest absolute Gasteiger partial charge is 1.00 e. The summed E-state index contributed by atoms with van der Waals surface area (Å²) in [5.41, 5.74) is 5.54. The zero-order valence-electron chi connectivity index (χ0n) is 9.24. The average Bonchev–Trinajstić information content (AvgIpc) is 2.05. The summed E-state index contributed by atoms with van der Waals surface area (Å²) in [6.07, 6.45) is 5.77. The van der Waals surface area contributed by atoms with Crippen LogP contribution in [0.3, 0.4) is 0 Å². The smallest absolute Gasteiger partial charge is 0.870 e. The standard InChI is InChI=1S/C9H17NO2.ClH.Na.H2O/c10-7-9(6-8(11)12)4-2-1-3-5-9;;;/h1-7,10H2,(H,11,12);1H;;1H2/q;;+1;/p-1. The number of rotatable bonds is 3. The van der Waals surface area contributed by atoms with E-state index in [1.54, 1.807) is 0 Å². The van der Waals surface area contributed by atoms with Crippen LogP contribution in [0.1, 0.15) is 38.5 Å². The molecule has 0 aromatic heterocycles. The molecule has 0 aromatic rings. The Hall–Kier alpha value is 0.680. The first-order valence-electron chi connectivity index (χ1n) is 4.60. The number of carbonyl (C=O) groups is 1. The van der Waals surface area contributed by atoms with Crippen molar-refractivity contribution in [1.82, 2.24) is 0 Å². The van der Waals surface area contributed by atoms with Crippen LogP contribution >= 0.6 is 12.4 Å². The fourth-order valence-electron chi connectivity index (χ4n) is 2.08. The molecule has 1 aliphatic carbocycles. The van der Waals surface area contributed by atoms with E-state index in [0.29, 0.717) is 6.54 Å². The average molecular weight is 248 g/mol. The van der Waals surface area contributed by atoms with E-state index in [2.05, 4.69) is 0 Å². The molecule has 1 rings (SSSR count). The van der Waals surface area contributed by atoms with E-state index in [0.717, 1.165) is 25.7 Å². The zero-order valence-corrected chi connectivity index (χ0v) is 12.1. The Bertz CT molecular complexity index is 175. The topological polar surface area (TPSA) is 93.3 Å². The molecule has 6 heteroatoms. The maximum absolute atomic E-state index is 10.6. The van der Waals surface area contributed by atoms with E-state index in [4.69, 9.17) is 10.8 Å². The molecule has 4 N–H and O–H groups in total. The van der Waals surface area contributed by atoms with Gasteiger partial charge in [0.15, 0.2) is 0 Å². The van der Waals surface area contributed by atoms with Gasteiger partial charge in [0, 0.05) is 0 Å². The Labute approximate surface area is 119 Å². The second-order valence-corrected chi connectivity index (χ2v) is 3.84. The number of hydrogen-bond acceptors (Lipinski definition) is 3. The van der Waals surface area contributed by atoms with Gasteiger partial charge in [-0.3, -0.25) is 4.79 Å². The third-order valence-electron chi connectivity index (χ3n) is 2.87. The number of halogens is 1. The molecule has 0 saturated heterocycles. The van der Waals surface area contributed by atoms with Crippen molar-refractivity contribution in [2.24, 2.45) is 11.1 Å². The van der Waals surface area contributed by atoms with Crippen molar-refractivity contribution >= 4 is 18.4 Å². The van der Waals surface area contributed by atoms with Gasteiger partial charge in [0.1, 0.15) is 0 Å². The third-order valence-corrected chi connectivity index (χ3v) is 2.87. The minimum Gasteiger partial charge on any atom is -0.870 e. The molecule has 0 spiro atoms. The first-order chi connectivity index (χ1) is 5.68. The van der Waals surface area contributed by atoms with Gasteiger partial charge in [-0.2, -0.15) is 0 Å². The minimum absolute atomic E-state index is 0. The van der Waals surface area contributed by atoms with Gasteiger partial charge in [-0.25, -0.2) is 0 Å². The van der Waals surface area contributed by atoms with Gasteiger partial charge < -0.3 is 16.3 Å². The number of carboxylic acids is 1. The normalized spacial score (nSPS) is 17.7. The van der Waals surface area contributed by atoms with Crippen molar-refractivity contribution in [1.29, 1.82) is 0 Å². The van der Waals surface area contributed by atoms with Crippen LogP contribution in [-0.2, 0) is 4.79 Å². The SMILES string of the molecule is Cl.NCC1(CC(=O)O)CCCCC1.[Na+].[OH-]. The molecular formula is C9H19ClNNaO3. The van der Waals surface area contributed by atoms with Crippen molar-refractivity contribution in [3.63, 3.8) is 0 Å². The van der Waals surface area contributed by atoms with Gasteiger partial charge in [-0.05, 0) is 24.8 Å². The summed E-state index contributed by atoms with van der Waals surface area (Å²) in [7, 11) is 0. The van der Waals surface area contributed by atoms with Crippen molar-refractivity contribution in [3.05, 3.63) is 0 Å². The van der Waals surface area contributed by atoms with Gasteiger partial charge in [0.25, 0.3) is 0 Å². The molecule has 0 bridgehead atoms. The number of hydrogen-bond donors (Lipinski definition) is 2. The summed E-state index contributed by atoms with van der Waals surface area (Å²) >= 11 is 0. The molecule has 1 aliphatic rings. The number of carboxylic acid groups (broad SMARTS) is 1. The Balaban J connectivity index is -0.000000480. The maximum atomic E-state index is 10.6. The van der Waals surface area contributed by atoms with E-state index in [1.165, 1.54) is 6.42 Å². The first kappa shape index (κ1) is 21.0. The molecule has 1 fully saturated rings. The second kappa shape index (κ2) is 9.87. The fourth-order valence-corrected chi connectivity index (χ4v) is 2.08. The van der Waals surface area contributed by atoms with Crippen LogP contribution in [0.4, 0.5) is 0 Å². The Morgan fingerprint density at radius 2 is 1.73 bits per heavy atom. The van der Waals surface area contributed by atoms with Gasteiger partial charge in [0.05, 0.1) is 6.42 Å². The molecule has 0 unspecified atom stereocenters. The fraction of sp³-hybridized carbons (Fsp3) is 0.889. The van der Waals surface area contributed by atoms with Crippen LogP contribution in [-0.4, -0.2) is 23.1 Å². The number of nitrogens with two attached hydrogens (primary N) is 1. The predicted octanol–water partition coefficient (Wildman–Crippen LogP) is -1.38. The summed E-state index contributed by atoms with van der Waals surface area (Å²) < 4.78 is 0. The van der Waals surface area contributed by atoms with E-state index < -0.39 is 5.97 Å².